The van der Waals surface area contributed by atoms with Gasteiger partial charge in [0.25, 0.3) is 5.69 Å². The molecule has 1 aromatic rings. The van der Waals surface area contributed by atoms with Gasteiger partial charge in [0.05, 0.1) is 11.0 Å². The van der Waals surface area contributed by atoms with Crippen molar-refractivity contribution in [3.05, 3.63) is 39.9 Å². The smallest absolute Gasteiger partial charge is 0.310 e. The average Bonchev–Trinajstić information content (AvgIpc) is 2.45. The molecule has 1 aromatic carbocycles. The molecule has 2 N–H and O–H groups in total. The summed E-state index contributed by atoms with van der Waals surface area (Å²) >= 11 is 0. The predicted octanol–water partition coefficient (Wildman–Crippen LogP) is -0.107. The van der Waals surface area contributed by atoms with Crippen molar-refractivity contribution in [2.24, 2.45) is 0 Å². The molecule has 0 bridgehead atoms. The van der Waals surface area contributed by atoms with Crippen molar-refractivity contribution in [1.29, 1.82) is 5.26 Å². The number of hydrogen-bond donors (Lipinski definition) is 2. The van der Waals surface area contributed by atoms with Crippen molar-refractivity contribution in [2.45, 2.75) is 6.42 Å². The van der Waals surface area contributed by atoms with Gasteiger partial charge in [0.1, 0.15) is 6.54 Å². The fourth-order valence-corrected chi connectivity index (χ4v) is 1.39. The maximum atomic E-state index is 11.3. The summed E-state index contributed by atoms with van der Waals surface area (Å²) in [4.78, 5) is 32.3. The van der Waals surface area contributed by atoms with Gasteiger partial charge in [-0.25, -0.2) is 0 Å². The quantitative estimate of drug-likeness (QED) is 0.336. The Hall–Kier alpha value is -2.95. The molecule has 0 aliphatic heterocycles. The van der Waals surface area contributed by atoms with Gasteiger partial charge in [-0.1, -0.05) is 12.1 Å². The highest BCUT2D eigenvalue weighted by Gasteiger charge is 2.11. The lowest BCUT2D eigenvalue weighted by molar-refractivity contribution is -0.384. The number of carbonyl (C=O) groups excluding carboxylic acids is 2. The Morgan fingerprint density at radius 2 is 1.80 bits per heavy atom. The number of hydrogen-bond acceptors (Lipinski definition) is 5. The van der Waals surface area contributed by atoms with E-state index in [2.05, 4.69) is 10.6 Å². The lowest BCUT2D eigenvalue weighted by atomic mass is 10.1. The van der Waals surface area contributed by atoms with Crippen molar-refractivity contribution in [3.8, 4) is 6.07 Å². The Labute approximate surface area is 114 Å². The molecule has 0 aliphatic carbocycles. The molecule has 0 saturated heterocycles. The Morgan fingerprint density at radius 3 is 2.35 bits per heavy atom. The highest BCUT2D eigenvalue weighted by Crippen LogP contribution is 2.11. The first-order chi connectivity index (χ1) is 9.54. The molecule has 20 heavy (non-hydrogen) atoms. The molecule has 0 radical (unpaired) electrons. The zero-order valence-electron chi connectivity index (χ0n) is 10.5. The van der Waals surface area contributed by atoms with E-state index in [4.69, 9.17) is 5.26 Å². The van der Waals surface area contributed by atoms with Crippen molar-refractivity contribution >= 4 is 17.5 Å². The van der Waals surface area contributed by atoms with Crippen molar-refractivity contribution < 1.29 is 14.5 Å². The Kier molecular flexibility index (Phi) is 5.65. The van der Waals surface area contributed by atoms with Gasteiger partial charge in [-0.15, -0.1) is 0 Å². The lowest BCUT2D eigenvalue weighted by Crippen LogP contribution is -2.40. The molecule has 2 amide bonds. The van der Waals surface area contributed by atoms with Crippen LogP contribution >= 0.6 is 0 Å². The molecule has 8 nitrogen and oxygen atoms in total. The third-order valence-electron chi connectivity index (χ3n) is 2.38. The van der Waals surface area contributed by atoms with Crippen LogP contribution in [0.4, 0.5) is 5.69 Å². The standard InChI is InChI=1S/C12H12N4O4/c13-6-8-15-12(18)11(17)14-7-5-9-1-3-10(4-2-9)16(19)20/h1-4H,5,7-8H2,(H,14,17)(H,15,18). The monoisotopic (exact) mass is 276 g/mol. The summed E-state index contributed by atoms with van der Waals surface area (Å²) in [5.41, 5.74) is 0.794. The minimum absolute atomic E-state index is 0.00586. The fourth-order valence-electron chi connectivity index (χ4n) is 1.39. The molecule has 0 atom stereocenters. The number of benzene rings is 1. The largest absolute Gasteiger partial charge is 0.348 e. The number of rotatable bonds is 5. The number of nitriles is 1. The summed E-state index contributed by atoms with van der Waals surface area (Å²) in [6.45, 7) is -0.00871. The lowest BCUT2D eigenvalue weighted by Gasteiger charge is -2.04. The number of amides is 2. The van der Waals surface area contributed by atoms with E-state index in [0.717, 1.165) is 5.56 Å². The first kappa shape index (κ1) is 15.1. The number of non-ortho nitro benzene ring substituents is 1. The molecule has 0 heterocycles. The first-order valence-corrected chi connectivity index (χ1v) is 5.71. The van der Waals surface area contributed by atoms with Crippen molar-refractivity contribution in [3.63, 3.8) is 0 Å². The third-order valence-corrected chi connectivity index (χ3v) is 2.38. The van der Waals surface area contributed by atoms with Crippen LogP contribution in [-0.2, 0) is 16.0 Å². The highest BCUT2D eigenvalue weighted by atomic mass is 16.6. The Bertz CT molecular complexity index is 548. The van der Waals surface area contributed by atoms with Gasteiger partial charge in [-0.2, -0.15) is 5.26 Å². The molecule has 0 saturated carbocycles. The molecule has 1 rings (SSSR count). The molecular weight excluding hydrogens is 264 g/mol. The number of nitro benzene ring substituents is 1. The van der Waals surface area contributed by atoms with Crippen LogP contribution in [0.15, 0.2) is 24.3 Å². The van der Waals surface area contributed by atoms with Crippen LogP contribution in [0, 0.1) is 21.4 Å². The molecule has 0 aromatic heterocycles. The second-order valence-electron chi connectivity index (χ2n) is 3.77. The number of nitrogens with zero attached hydrogens (tertiary/aromatic N) is 2. The minimum atomic E-state index is -0.866. The summed E-state index contributed by atoms with van der Waals surface area (Å²) in [5.74, 6) is -1.68. The Balaban J connectivity index is 2.37. The summed E-state index contributed by atoms with van der Waals surface area (Å²) in [5, 5.41) is 23.2. The minimum Gasteiger partial charge on any atom is -0.348 e. The maximum Gasteiger partial charge on any atom is 0.310 e. The van der Waals surface area contributed by atoms with E-state index in [1.54, 1.807) is 18.2 Å². The molecule has 8 heteroatoms. The van der Waals surface area contributed by atoms with E-state index in [1.807, 2.05) is 0 Å². The van der Waals surface area contributed by atoms with E-state index in [9.17, 15) is 19.7 Å². The van der Waals surface area contributed by atoms with E-state index in [-0.39, 0.29) is 18.8 Å². The van der Waals surface area contributed by atoms with Crippen LogP contribution in [0.3, 0.4) is 0 Å². The third kappa shape index (κ3) is 4.73. The van der Waals surface area contributed by atoms with Gasteiger partial charge in [-0.3, -0.25) is 19.7 Å². The summed E-state index contributed by atoms with van der Waals surface area (Å²) in [6.07, 6.45) is 0.440. The van der Waals surface area contributed by atoms with E-state index < -0.39 is 16.7 Å². The van der Waals surface area contributed by atoms with E-state index in [0.29, 0.717) is 6.42 Å². The van der Waals surface area contributed by atoms with E-state index in [1.165, 1.54) is 12.1 Å². The van der Waals surface area contributed by atoms with Crippen LogP contribution in [0.1, 0.15) is 5.56 Å². The molecule has 0 unspecified atom stereocenters. The fraction of sp³-hybridized carbons (Fsp3) is 0.250. The molecular formula is C12H12N4O4. The number of nitro groups is 1. The van der Waals surface area contributed by atoms with Gasteiger partial charge in [0.15, 0.2) is 0 Å². The predicted molar refractivity (Wildman–Crippen MR) is 68.4 cm³/mol. The number of carbonyl (C=O) groups is 2. The summed E-state index contributed by atoms with van der Waals surface area (Å²) in [6, 6.07) is 7.59. The van der Waals surface area contributed by atoms with Crippen LogP contribution < -0.4 is 10.6 Å². The van der Waals surface area contributed by atoms with Crippen molar-refractivity contribution in [1.82, 2.24) is 10.6 Å². The van der Waals surface area contributed by atoms with Gasteiger partial charge in [0, 0.05) is 18.7 Å². The summed E-state index contributed by atoms with van der Waals surface area (Å²) in [7, 11) is 0. The molecule has 0 spiro atoms. The zero-order valence-corrected chi connectivity index (χ0v) is 10.5. The van der Waals surface area contributed by atoms with Gasteiger partial charge in [-0.05, 0) is 12.0 Å². The average molecular weight is 276 g/mol. The molecule has 104 valence electrons. The second kappa shape index (κ2) is 7.48. The first-order valence-electron chi connectivity index (χ1n) is 5.71. The second-order valence-corrected chi connectivity index (χ2v) is 3.77. The van der Waals surface area contributed by atoms with Gasteiger partial charge in [0.2, 0.25) is 0 Å². The normalized spacial score (nSPS) is 9.35. The maximum absolute atomic E-state index is 11.3. The van der Waals surface area contributed by atoms with E-state index >= 15 is 0 Å². The van der Waals surface area contributed by atoms with Crippen LogP contribution in [0.25, 0.3) is 0 Å². The van der Waals surface area contributed by atoms with Gasteiger partial charge >= 0.3 is 11.8 Å². The Morgan fingerprint density at radius 1 is 1.20 bits per heavy atom. The van der Waals surface area contributed by atoms with Crippen LogP contribution in [0.2, 0.25) is 0 Å². The SMILES string of the molecule is N#CCNC(=O)C(=O)NCCc1ccc([N+](=O)[O-])cc1. The zero-order chi connectivity index (χ0) is 15.0. The van der Waals surface area contributed by atoms with Gasteiger partial charge < -0.3 is 10.6 Å². The highest BCUT2D eigenvalue weighted by molar-refractivity contribution is 6.35. The summed E-state index contributed by atoms with van der Waals surface area (Å²) < 4.78 is 0. The molecule has 0 fully saturated rings. The van der Waals surface area contributed by atoms with Crippen LogP contribution in [0.5, 0.6) is 0 Å². The van der Waals surface area contributed by atoms with Crippen LogP contribution in [-0.4, -0.2) is 29.8 Å². The number of nitrogens with one attached hydrogen (secondary N) is 2. The van der Waals surface area contributed by atoms with Crippen molar-refractivity contribution in [2.75, 3.05) is 13.1 Å². The topological polar surface area (TPSA) is 125 Å². The molecule has 0 aliphatic rings.